The zero-order valence-corrected chi connectivity index (χ0v) is 7.27. The highest BCUT2D eigenvalue weighted by Crippen LogP contribution is 2.19. The van der Waals surface area contributed by atoms with Gasteiger partial charge in [-0.1, -0.05) is 19.1 Å². The number of alkyl halides is 1. The van der Waals surface area contributed by atoms with Gasteiger partial charge < -0.3 is 5.73 Å². The van der Waals surface area contributed by atoms with Crippen LogP contribution in [0.4, 0.5) is 4.39 Å². The molecule has 0 saturated heterocycles. The van der Waals surface area contributed by atoms with Crippen LogP contribution in [0.2, 0.25) is 0 Å². The Balaban J connectivity index is 2.84. The summed E-state index contributed by atoms with van der Waals surface area (Å²) in [4.78, 5) is 13.3. The Morgan fingerprint density at radius 2 is 2.46 bits per heavy atom. The number of carbonyl (C=O) groups is 1. The number of rotatable bonds is 2. The van der Waals surface area contributed by atoms with Crippen LogP contribution in [-0.2, 0) is 4.79 Å². The fraction of sp³-hybridized carbons (Fsp3) is 0.333. The van der Waals surface area contributed by atoms with Gasteiger partial charge in [0.15, 0.2) is 0 Å². The SMILES string of the molecule is CC1C=CC(C(N)=NC=O)=CC1F. The maximum absolute atomic E-state index is 13.1. The van der Waals surface area contributed by atoms with E-state index in [9.17, 15) is 9.18 Å². The molecule has 0 bridgehead atoms. The smallest absolute Gasteiger partial charge is 0.234 e. The second-order valence-electron chi connectivity index (χ2n) is 2.90. The van der Waals surface area contributed by atoms with Gasteiger partial charge in [0, 0.05) is 11.5 Å². The lowest BCUT2D eigenvalue weighted by Gasteiger charge is -2.15. The van der Waals surface area contributed by atoms with E-state index in [-0.39, 0.29) is 11.8 Å². The van der Waals surface area contributed by atoms with Crippen LogP contribution in [0.3, 0.4) is 0 Å². The molecule has 1 aliphatic carbocycles. The number of hydrogen-bond acceptors (Lipinski definition) is 1. The topological polar surface area (TPSA) is 55.4 Å². The summed E-state index contributed by atoms with van der Waals surface area (Å²) >= 11 is 0. The van der Waals surface area contributed by atoms with Crippen LogP contribution in [0.25, 0.3) is 0 Å². The molecule has 2 unspecified atom stereocenters. The minimum Gasteiger partial charge on any atom is -0.383 e. The van der Waals surface area contributed by atoms with Crippen molar-refractivity contribution in [2.45, 2.75) is 13.1 Å². The molecule has 2 atom stereocenters. The van der Waals surface area contributed by atoms with Crippen molar-refractivity contribution in [3.05, 3.63) is 23.8 Å². The van der Waals surface area contributed by atoms with Crippen molar-refractivity contribution in [1.29, 1.82) is 0 Å². The lowest BCUT2D eigenvalue weighted by molar-refractivity contribution is -0.106. The summed E-state index contributed by atoms with van der Waals surface area (Å²) in [5.41, 5.74) is 5.87. The molecule has 0 aromatic heterocycles. The van der Waals surface area contributed by atoms with E-state index in [0.29, 0.717) is 12.0 Å². The van der Waals surface area contributed by atoms with Crippen molar-refractivity contribution in [3.8, 4) is 0 Å². The molecule has 0 radical (unpaired) electrons. The summed E-state index contributed by atoms with van der Waals surface area (Å²) in [6.45, 7) is 1.77. The Morgan fingerprint density at radius 3 is 3.00 bits per heavy atom. The fourth-order valence-corrected chi connectivity index (χ4v) is 1.04. The van der Waals surface area contributed by atoms with Crippen molar-refractivity contribution < 1.29 is 9.18 Å². The molecule has 1 aliphatic rings. The van der Waals surface area contributed by atoms with Crippen LogP contribution in [0.1, 0.15) is 6.92 Å². The maximum Gasteiger partial charge on any atom is 0.234 e. The van der Waals surface area contributed by atoms with E-state index in [1.54, 1.807) is 19.1 Å². The van der Waals surface area contributed by atoms with Crippen molar-refractivity contribution in [2.75, 3.05) is 0 Å². The lowest BCUT2D eigenvalue weighted by atomic mass is 9.96. The predicted molar refractivity (Wildman–Crippen MR) is 49.0 cm³/mol. The van der Waals surface area contributed by atoms with Gasteiger partial charge in [-0.3, -0.25) is 4.79 Å². The van der Waals surface area contributed by atoms with Crippen molar-refractivity contribution >= 4 is 12.2 Å². The van der Waals surface area contributed by atoms with E-state index in [2.05, 4.69) is 4.99 Å². The highest BCUT2D eigenvalue weighted by Gasteiger charge is 2.16. The Labute approximate surface area is 75.8 Å². The number of nitrogens with two attached hydrogens (primary N) is 1. The number of halogens is 1. The molecule has 1 rings (SSSR count). The van der Waals surface area contributed by atoms with Crippen LogP contribution in [0.15, 0.2) is 28.8 Å². The number of aliphatic imine (C=N–C) groups is 1. The zero-order chi connectivity index (χ0) is 9.84. The molecule has 2 N–H and O–H groups in total. The van der Waals surface area contributed by atoms with Crippen LogP contribution < -0.4 is 5.73 Å². The normalized spacial score (nSPS) is 28.5. The van der Waals surface area contributed by atoms with Crippen LogP contribution in [0, 0.1) is 5.92 Å². The minimum atomic E-state index is -1.06. The first-order valence-electron chi connectivity index (χ1n) is 3.96. The van der Waals surface area contributed by atoms with Crippen molar-refractivity contribution in [2.24, 2.45) is 16.6 Å². The Hall–Kier alpha value is -1.45. The average molecular weight is 182 g/mol. The highest BCUT2D eigenvalue weighted by molar-refractivity contribution is 6.02. The van der Waals surface area contributed by atoms with Gasteiger partial charge in [-0.05, 0) is 6.08 Å². The number of nitrogens with zero attached hydrogens (tertiary/aromatic N) is 1. The van der Waals surface area contributed by atoms with Gasteiger partial charge in [-0.25, -0.2) is 4.39 Å². The molecule has 0 fully saturated rings. The average Bonchev–Trinajstić information content (AvgIpc) is 2.10. The lowest BCUT2D eigenvalue weighted by Crippen LogP contribution is -2.20. The van der Waals surface area contributed by atoms with E-state index < -0.39 is 6.17 Å². The summed E-state index contributed by atoms with van der Waals surface area (Å²) < 4.78 is 13.1. The first kappa shape index (κ1) is 9.64. The number of hydrogen-bond donors (Lipinski definition) is 1. The number of allylic oxidation sites excluding steroid dienone is 2. The first-order valence-corrected chi connectivity index (χ1v) is 3.96. The van der Waals surface area contributed by atoms with E-state index in [1.807, 2.05) is 0 Å². The van der Waals surface area contributed by atoms with E-state index in [1.165, 1.54) is 6.08 Å². The summed E-state index contributed by atoms with van der Waals surface area (Å²) in [6.07, 6.45) is 4.03. The standard InChI is InChI=1S/C9H11FN2O/c1-6-2-3-7(4-8(6)10)9(11)12-5-13/h2-6,8H,1H3,(H2,11,12,13). The number of amides is 1. The molecule has 1 amide bonds. The third-order valence-electron chi connectivity index (χ3n) is 1.91. The molecule has 13 heavy (non-hydrogen) atoms. The molecule has 4 heteroatoms. The highest BCUT2D eigenvalue weighted by atomic mass is 19.1. The molecular formula is C9H11FN2O. The molecular weight excluding hydrogens is 171 g/mol. The molecule has 0 aliphatic heterocycles. The van der Waals surface area contributed by atoms with E-state index >= 15 is 0 Å². The van der Waals surface area contributed by atoms with Gasteiger partial charge in [0.05, 0.1) is 0 Å². The fourth-order valence-electron chi connectivity index (χ4n) is 1.04. The monoisotopic (exact) mass is 182 g/mol. The van der Waals surface area contributed by atoms with Gasteiger partial charge in [-0.2, -0.15) is 4.99 Å². The van der Waals surface area contributed by atoms with Crippen molar-refractivity contribution in [1.82, 2.24) is 0 Å². The molecule has 0 heterocycles. The second kappa shape index (κ2) is 3.98. The summed E-state index contributed by atoms with van der Waals surface area (Å²) in [5, 5.41) is 0. The quantitative estimate of drug-likeness (QED) is 0.393. The molecule has 0 aromatic rings. The van der Waals surface area contributed by atoms with Crippen molar-refractivity contribution in [3.63, 3.8) is 0 Å². The van der Waals surface area contributed by atoms with E-state index in [4.69, 9.17) is 5.73 Å². The van der Waals surface area contributed by atoms with Gasteiger partial charge in [0.25, 0.3) is 0 Å². The third kappa shape index (κ3) is 2.24. The van der Waals surface area contributed by atoms with Crippen LogP contribution in [0.5, 0.6) is 0 Å². The molecule has 70 valence electrons. The Bertz CT molecular complexity index is 294. The molecule has 0 spiro atoms. The van der Waals surface area contributed by atoms with Gasteiger partial charge >= 0.3 is 0 Å². The van der Waals surface area contributed by atoms with Gasteiger partial charge in [0.1, 0.15) is 12.0 Å². The predicted octanol–water partition coefficient (Wildman–Crippen LogP) is 0.970. The van der Waals surface area contributed by atoms with Gasteiger partial charge in [-0.15, -0.1) is 0 Å². The maximum atomic E-state index is 13.1. The van der Waals surface area contributed by atoms with Crippen LogP contribution in [-0.4, -0.2) is 18.4 Å². The third-order valence-corrected chi connectivity index (χ3v) is 1.91. The van der Waals surface area contributed by atoms with Crippen LogP contribution >= 0.6 is 0 Å². The molecule has 0 saturated carbocycles. The number of amidine groups is 1. The summed E-state index contributed by atoms with van der Waals surface area (Å²) in [6, 6.07) is 0. The summed E-state index contributed by atoms with van der Waals surface area (Å²) in [7, 11) is 0. The number of carbonyl (C=O) groups excluding carboxylic acids is 1. The molecule has 0 aromatic carbocycles. The Kier molecular flexibility index (Phi) is 2.95. The van der Waals surface area contributed by atoms with Gasteiger partial charge in [0.2, 0.25) is 6.41 Å². The minimum absolute atomic E-state index is 0.0563. The molecule has 3 nitrogen and oxygen atoms in total. The Morgan fingerprint density at radius 1 is 1.77 bits per heavy atom. The zero-order valence-electron chi connectivity index (χ0n) is 7.27. The van der Waals surface area contributed by atoms with E-state index in [0.717, 1.165) is 0 Å². The second-order valence-corrected chi connectivity index (χ2v) is 2.90. The largest absolute Gasteiger partial charge is 0.383 e. The first-order chi connectivity index (χ1) is 6.15. The summed E-state index contributed by atoms with van der Waals surface area (Å²) in [5.74, 6) is -0.0893.